The van der Waals surface area contributed by atoms with Crippen molar-refractivity contribution >= 4 is 11.6 Å². The third kappa shape index (κ3) is 4.73. The molecule has 2 aliphatic heterocycles. The van der Waals surface area contributed by atoms with Gasteiger partial charge in [0.15, 0.2) is 0 Å². The van der Waals surface area contributed by atoms with Crippen LogP contribution in [-0.2, 0) is 4.79 Å². The number of hydrogen-bond acceptors (Lipinski definition) is 3. The van der Waals surface area contributed by atoms with Gasteiger partial charge in [0.2, 0.25) is 5.91 Å². The molecule has 3 rings (SSSR count). The van der Waals surface area contributed by atoms with E-state index in [2.05, 4.69) is 46.7 Å². The van der Waals surface area contributed by atoms with Gasteiger partial charge in [0, 0.05) is 25.2 Å². The average molecular weight is 329 g/mol. The molecule has 0 saturated carbocycles. The minimum atomic E-state index is 0.0769. The number of nitrogens with one attached hydrogen (secondary N) is 2. The largest absolute Gasteiger partial charge is 0.372 e. The summed E-state index contributed by atoms with van der Waals surface area (Å²) in [6.45, 7) is 6.60. The van der Waals surface area contributed by atoms with E-state index in [9.17, 15) is 4.79 Å². The van der Waals surface area contributed by atoms with Crippen molar-refractivity contribution in [1.82, 2.24) is 10.6 Å². The summed E-state index contributed by atoms with van der Waals surface area (Å²) < 4.78 is 0. The van der Waals surface area contributed by atoms with Crippen LogP contribution in [0, 0.1) is 5.92 Å². The molecule has 1 amide bonds. The first-order valence-electron chi connectivity index (χ1n) is 9.57. The lowest BCUT2D eigenvalue weighted by Gasteiger charge is -2.23. The molecule has 2 fully saturated rings. The highest BCUT2D eigenvalue weighted by atomic mass is 16.1. The van der Waals surface area contributed by atoms with Gasteiger partial charge in [0.1, 0.15) is 0 Å². The molecule has 1 atom stereocenters. The Morgan fingerprint density at radius 3 is 2.79 bits per heavy atom. The highest BCUT2D eigenvalue weighted by molar-refractivity contribution is 5.76. The molecule has 1 aromatic carbocycles. The van der Waals surface area contributed by atoms with Crippen molar-refractivity contribution in [3.05, 3.63) is 29.8 Å². The molecule has 2 aliphatic rings. The Kier molecular flexibility index (Phi) is 6.13. The van der Waals surface area contributed by atoms with Crippen LogP contribution in [0.4, 0.5) is 5.69 Å². The number of carbonyl (C=O) groups excluding carboxylic acids is 1. The Morgan fingerprint density at radius 1 is 1.29 bits per heavy atom. The van der Waals surface area contributed by atoms with Gasteiger partial charge in [-0.1, -0.05) is 12.1 Å². The van der Waals surface area contributed by atoms with E-state index in [4.69, 9.17) is 0 Å². The van der Waals surface area contributed by atoms with Gasteiger partial charge >= 0.3 is 0 Å². The van der Waals surface area contributed by atoms with Crippen molar-refractivity contribution < 1.29 is 4.79 Å². The maximum atomic E-state index is 12.3. The lowest BCUT2D eigenvalue weighted by molar-refractivity contribution is -0.122. The van der Waals surface area contributed by atoms with E-state index in [0.29, 0.717) is 12.3 Å². The lowest BCUT2D eigenvalue weighted by Crippen LogP contribution is -2.30. The van der Waals surface area contributed by atoms with Crippen molar-refractivity contribution in [3.8, 4) is 0 Å². The van der Waals surface area contributed by atoms with Gasteiger partial charge in [-0.25, -0.2) is 0 Å². The lowest BCUT2D eigenvalue weighted by atomic mass is 9.93. The molecule has 0 bridgehead atoms. The van der Waals surface area contributed by atoms with Crippen molar-refractivity contribution in [2.45, 2.75) is 51.5 Å². The van der Waals surface area contributed by atoms with Gasteiger partial charge in [0.05, 0.1) is 6.04 Å². The van der Waals surface area contributed by atoms with E-state index in [1.54, 1.807) is 0 Å². The maximum absolute atomic E-state index is 12.3. The predicted molar refractivity (Wildman–Crippen MR) is 99.3 cm³/mol. The fourth-order valence-corrected chi connectivity index (χ4v) is 3.87. The zero-order valence-electron chi connectivity index (χ0n) is 14.9. The highest BCUT2D eigenvalue weighted by Crippen LogP contribution is 2.24. The Balaban J connectivity index is 1.49. The fraction of sp³-hybridized carbons (Fsp3) is 0.650. The minimum absolute atomic E-state index is 0.0769. The Hall–Kier alpha value is -1.55. The number of rotatable bonds is 6. The molecule has 2 saturated heterocycles. The SMILES string of the molecule is CC(NC(=O)CCC1CCNCC1)c1cccc(N2CCCC2)c1. The topological polar surface area (TPSA) is 44.4 Å². The minimum Gasteiger partial charge on any atom is -0.372 e. The van der Waals surface area contributed by atoms with Gasteiger partial charge in [0.25, 0.3) is 0 Å². The molecule has 0 radical (unpaired) electrons. The predicted octanol–water partition coefficient (Wildman–Crippen LogP) is 3.24. The quantitative estimate of drug-likeness (QED) is 0.842. The van der Waals surface area contributed by atoms with Crippen LogP contribution in [0.25, 0.3) is 0 Å². The molecule has 4 nitrogen and oxygen atoms in total. The van der Waals surface area contributed by atoms with Crippen LogP contribution in [0.2, 0.25) is 0 Å². The van der Waals surface area contributed by atoms with Crippen molar-refractivity contribution in [2.24, 2.45) is 5.92 Å². The van der Waals surface area contributed by atoms with Crippen LogP contribution in [-0.4, -0.2) is 32.1 Å². The Bertz CT molecular complexity index is 533. The number of benzene rings is 1. The molecule has 1 aromatic rings. The summed E-state index contributed by atoms with van der Waals surface area (Å²) in [6, 6.07) is 8.73. The van der Waals surface area contributed by atoms with Gasteiger partial charge in [-0.15, -0.1) is 0 Å². The Labute approximate surface area is 146 Å². The van der Waals surface area contributed by atoms with Crippen LogP contribution in [0.15, 0.2) is 24.3 Å². The van der Waals surface area contributed by atoms with Crippen LogP contribution in [0.5, 0.6) is 0 Å². The summed E-state index contributed by atoms with van der Waals surface area (Å²) >= 11 is 0. The molecule has 0 aliphatic carbocycles. The average Bonchev–Trinajstić information content (AvgIpc) is 3.16. The number of hydrogen-bond donors (Lipinski definition) is 2. The molecular weight excluding hydrogens is 298 g/mol. The fourth-order valence-electron chi connectivity index (χ4n) is 3.87. The van der Waals surface area contributed by atoms with E-state index < -0.39 is 0 Å². The summed E-state index contributed by atoms with van der Waals surface area (Å²) in [5.74, 6) is 0.901. The van der Waals surface area contributed by atoms with Crippen molar-refractivity contribution in [1.29, 1.82) is 0 Å². The number of amides is 1. The monoisotopic (exact) mass is 329 g/mol. The van der Waals surface area contributed by atoms with Gasteiger partial charge in [-0.2, -0.15) is 0 Å². The second-order valence-electron chi connectivity index (χ2n) is 7.31. The zero-order chi connectivity index (χ0) is 16.8. The molecule has 1 unspecified atom stereocenters. The van der Waals surface area contributed by atoms with Crippen molar-refractivity contribution in [3.63, 3.8) is 0 Å². The highest BCUT2D eigenvalue weighted by Gasteiger charge is 2.17. The van der Waals surface area contributed by atoms with Crippen molar-refractivity contribution in [2.75, 3.05) is 31.1 Å². The second kappa shape index (κ2) is 8.52. The van der Waals surface area contributed by atoms with E-state index >= 15 is 0 Å². The Morgan fingerprint density at radius 2 is 2.04 bits per heavy atom. The van der Waals surface area contributed by atoms with Crippen LogP contribution in [0.1, 0.15) is 57.1 Å². The van der Waals surface area contributed by atoms with E-state index in [-0.39, 0.29) is 11.9 Å². The first-order chi connectivity index (χ1) is 11.7. The molecule has 0 spiro atoms. The maximum Gasteiger partial charge on any atom is 0.220 e. The summed E-state index contributed by atoms with van der Waals surface area (Å²) in [6.07, 6.45) is 6.66. The molecule has 0 aromatic heterocycles. The molecular formula is C20H31N3O. The zero-order valence-corrected chi connectivity index (χ0v) is 14.9. The van der Waals surface area contributed by atoms with Gasteiger partial charge < -0.3 is 15.5 Å². The van der Waals surface area contributed by atoms with E-state index in [1.807, 2.05) is 0 Å². The molecule has 2 N–H and O–H groups in total. The number of carbonyl (C=O) groups is 1. The molecule has 2 heterocycles. The third-order valence-electron chi connectivity index (χ3n) is 5.46. The third-order valence-corrected chi connectivity index (χ3v) is 5.46. The van der Waals surface area contributed by atoms with Crippen LogP contribution in [0.3, 0.4) is 0 Å². The number of anilines is 1. The van der Waals surface area contributed by atoms with Gasteiger partial charge in [-0.05, 0) is 75.7 Å². The smallest absolute Gasteiger partial charge is 0.220 e. The van der Waals surface area contributed by atoms with Crippen LogP contribution < -0.4 is 15.5 Å². The van der Waals surface area contributed by atoms with E-state index in [0.717, 1.165) is 32.6 Å². The van der Waals surface area contributed by atoms with Gasteiger partial charge in [-0.3, -0.25) is 4.79 Å². The summed E-state index contributed by atoms with van der Waals surface area (Å²) in [5, 5.41) is 6.56. The summed E-state index contributed by atoms with van der Waals surface area (Å²) in [5.41, 5.74) is 2.50. The number of piperidine rings is 1. The molecule has 132 valence electrons. The molecule has 4 heteroatoms. The standard InChI is InChI=1S/C20H31N3O/c1-16(22-20(24)8-7-17-9-11-21-12-10-17)18-5-4-6-19(15-18)23-13-2-3-14-23/h4-6,15-17,21H,2-3,7-14H2,1H3,(H,22,24). The number of nitrogens with zero attached hydrogens (tertiary/aromatic N) is 1. The first-order valence-corrected chi connectivity index (χ1v) is 9.57. The van der Waals surface area contributed by atoms with Crippen LogP contribution >= 0.6 is 0 Å². The molecule has 24 heavy (non-hydrogen) atoms. The summed E-state index contributed by atoms with van der Waals surface area (Å²) in [4.78, 5) is 14.7. The summed E-state index contributed by atoms with van der Waals surface area (Å²) in [7, 11) is 0. The van der Waals surface area contributed by atoms with E-state index in [1.165, 1.54) is 36.9 Å². The second-order valence-corrected chi connectivity index (χ2v) is 7.31. The first kappa shape index (κ1) is 17.3. The normalized spacial score (nSPS) is 20.1.